The molecule has 3 aromatic carbocycles. The van der Waals surface area contributed by atoms with Gasteiger partial charge in [0.1, 0.15) is 17.8 Å². The van der Waals surface area contributed by atoms with Gasteiger partial charge >= 0.3 is 0 Å². The number of rotatable bonds is 4. The van der Waals surface area contributed by atoms with E-state index in [0.29, 0.717) is 49.5 Å². The van der Waals surface area contributed by atoms with E-state index in [-0.39, 0.29) is 11.4 Å². The Morgan fingerprint density at radius 2 is 1.79 bits per heavy atom. The number of nitrogens with two attached hydrogens (primary N) is 1. The summed E-state index contributed by atoms with van der Waals surface area (Å²) in [7, 11) is 0. The molecule has 0 saturated carbocycles. The van der Waals surface area contributed by atoms with E-state index >= 15 is 0 Å². The Morgan fingerprint density at radius 3 is 2.55 bits per heavy atom. The minimum atomic E-state index is -0.794. The number of phenols is 1. The Kier molecular flexibility index (Phi) is 5.57. The second-order valence-corrected chi connectivity index (χ2v) is 9.25. The molecule has 8 nitrogen and oxygen atoms in total. The molecule has 3 aromatic heterocycles. The van der Waals surface area contributed by atoms with E-state index in [1.54, 1.807) is 27.4 Å². The Bertz CT molecular complexity index is 1920. The van der Waals surface area contributed by atoms with Crippen LogP contribution < -0.4 is 11.3 Å². The third-order valence-corrected chi connectivity index (χ3v) is 6.89. The highest BCUT2D eigenvalue weighted by molar-refractivity contribution is 6.35. The predicted octanol–water partition coefficient (Wildman–Crippen LogP) is 5.49. The molecule has 3 heterocycles. The number of aromatic hydroxyl groups is 1. The van der Waals surface area contributed by atoms with Gasteiger partial charge < -0.3 is 10.8 Å². The molecule has 10 heteroatoms. The van der Waals surface area contributed by atoms with Gasteiger partial charge in [-0.25, -0.2) is 19.0 Å². The maximum atomic E-state index is 14.3. The summed E-state index contributed by atoms with van der Waals surface area (Å²) < 4.78 is 17.5. The average Bonchev–Trinajstić information content (AvgIpc) is 3.31. The highest BCUT2D eigenvalue weighted by Crippen LogP contribution is 2.35. The number of hydrogen-bond donors (Lipinski definition) is 2. The zero-order valence-corrected chi connectivity index (χ0v) is 20.8. The second-order valence-electron chi connectivity index (χ2n) is 8.84. The SMILES string of the molecule is C[C@@H](c1cc2cccc(Cl)c2c(=O)n1-c1ccccc1)n1nc(-c2ccc(O)c(F)c2)c2c(N)ncnc21. The fourth-order valence-electron chi connectivity index (χ4n) is 4.74. The molecule has 0 amide bonds. The lowest BCUT2D eigenvalue weighted by molar-refractivity contribution is 0.432. The molecule has 0 spiro atoms. The highest BCUT2D eigenvalue weighted by Gasteiger charge is 2.25. The second kappa shape index (κ2) is 8.97. The van der Waals surface area contributed by atoms with Gasteiger partial charge in [-0.1, -0.05) is 41.9 Å². The zero-order chi connectivity index (χ0) is 26.6. The van der Waals surface area contributed by atoms with E-state index in [2.05, 4.69) is 9.97 Å². The number of hydrogen-bond acceptors (Lipinski definition) is 6. The summed E-state index contributed by atoms with van der Waals surface area (Å²) in [6, 6.07) is 19.9. The first kappa shape index (κ1) is 23.6. The van der Waals surface area contributed by atoms with Crippen molar-refractivity contribution in [3.63, 3.8) is 0 Å². The number of anilines is 1. The van der Waals surface area contributed by atoms with Crippen molar-refractivity contribution in [2.75, 3.05) is 5.73 Å². The first-order valence-corrected chi connectivity index (χ1v) is 12.1. The molecule has 0 saturated heterocycles. The number of nitrogen functional groups attached to an aromatic ring is 1. The molecule has 0 radical (unpaired) electrons. The van der Waals surface area contributed by atoms with Crippen LogP contribution in [0.15, 0.2) is 83.9 Å². The van der Waals surface area contributed by atoms with Crippen LogP contribution in [0.3, 0.4) is 0 Å². The number of aromatic nitrogens is 5. The third kappa shape index (κ3) is 3.67. The molecule has 0 unspecified atom stereocenters. The molecule has 0 aliphatic heterocycles. The topological polar surface area (TPSA) is 112 Å². The van der Waals surface area contributed by atoms with Crippen LogP contribution in [0.5, 0.6) is 5.75 Å². The normalized spacial score (nSPS) is 12.3. The van der Waals surface area contributed by atoms with Gasteiger partial charge in [0, 0.05) is 11.3 Å². The number of benzene rings is 3. The molecular weight excluding hydrogens is 507 g/mol. The Labute approximate surface area is 220 Å². The van der Waals surface area contributed by atoms with Crippen LogP contribution in [-0.2, 0) is 0 Å². The number of halogens is 2. The van der Waals surface area contributed by atoms with Crippen LogP contribution in [0.4, 0.5) is 10.2 Å². The van der Waals surface area contributed by atoms with E-state index in [1.807, 2.05) is 49.4 Å². The smallest absolute Gasteiger partial charge is 0.264 e. The number of nitrogens with zero attached hydrogens (tertiary/aromatic N) is 5. The molecule has 188 valence electrons. The van der Waals surface area contributed by atoms with Gasteiger partial charge in [0.2, 0.25) is 0 Å². The van der Waals surface area contributed by atoms with Crippen molar-refractivity contribution < 1.29 is 9.50 Å². The molecule has 1 atom stereocenters. The number of phenolic OH excluding ortho intramolecular Hbond substituents is 1. The number of pyridine rings is 1. The monoisotopic (exact) mass is 526 g/mol. The van der Waals surface area contributed by atoms with Crippen molar-refractivity contribution in [1.29, 1.82) is 0 Å². The van der Waals surface area contributed by atoms with Crippen LogP contribution >= 0.6 is 11.6 Å². The van der Waals surface area contributed by atoms with E-state index in [9.17, 15) is 14.3 Å². The fraction of sp³-hybridized carbons (Fsp3) is 0.0714. The lowest BCUT2D eigenvalue weighted by Crippen LogP contribution is -2.26. The summed E-state index contributed by atoms with van der Waals surface area (Å²) in [5.74, 6) is -1.10. The fourth-order valence-corrected chi connectivity index (χ4v) is 5.00. The molecule has 0 aliphatic carbocycles. The first-order valence-electron chi connectivity index (χ1n) is 11.7. The van der Waals surface area contributed by atoms with E-state index in [0.717, 1.165) is 0 Å². The Hall–Kier alpha value is -4.76. The van der Waals surface area contributed by atoms with Crippen molar-refractivity contribution in [1.82, 2.24) is 24.3 Å². The van der Waals surface area contributed by atoms with Crippen LogP contribution in [0.1, 0.15) is 18.7 Å². The Balaban J connectivity index is 1.65. The van der Waals surface area contributed by atoms with E-state index < -0.39 is 17.6 Å². The van der Waals surface area contributed by atoms with Crippen molar-refractivity contribution in [3.8, 4) is 22.7 Å². The van der Waals surface area contributed by atoms with Gasteiger partial charge in [0.25, 0.3) is 5.56 Å². The molecular formula is C28H20ClFN6O2. The molecule has 0 aliphatic rings. The minimum absolute atomic E-state index is 0.169. The molecule has 6 aromatic rings. The lowest BCUT2D eigenvalue weighted by Gasteiger charge is -2.21. The molecule has 0 bridgehead atoms. The quantitative estimate of drug-likeness (QED) is 0.314. The van der Waals surface area contributed by atoms with Gasteiger partial charge in [-0.05, 0) is 54.8 Å². The van der Waals surface area contributed by atoms with Gasteiger partial charge in [-0.15, -0.1) is 0 Å². The highest BCUT2D eigenvalue weighted by atomic mass is 35.5. The van der Waals surface area contributed by atoms with Crippen LogP contribution in [0, 0.1) is 5.82 Å². The summed E-state index contributed by atoms with van der Waals surface area (Å²) in [5.41, 5.74) is 8.40. The minimum Gasteiger partial charge on any atom is -0.505 e. The average molecular weight is 527 g/mol. The summed E-state index contributed by atoms with van der Waals surface area (Å²) in [4.78, 5) is 22.4. The Morgan fingerprint density at radius 1 is 1.00 bits per heavy atom. The standard InChI is InChI=1S/C28H20ClFN6O2/c1-15(21-13-16-6-5-9-19(29)23(16)28(38)35(21)18-7-3-2-4-8-18)36-27-24(26(31)32-14-33-27)25(34-36)17-10-11-22(37)20(30)12-17/h2-15,37H,1H3,(H2,31,32,33)/t15-/m0/s1. The first-order chi connectivity index (χ1) is 18.3. The molecule has 6 rings (SSSR count). The largest absolute Gasteiger partial charge is 0.505 e. The summed E-state index contributed by atoms with van der Waals surface area (Å²) in [6.07, 6.45) is 1.33. The van der Waals surface area contributed by atoms with Crippen molar-refractivity contribution >= 4 is 39.2 Å². The predicted molar refractivity (Wildman–Crippen MR) is 145 cm³/mol. The van der Waals surface area contributed by atoms with Crippen molar-refractivity contribution in [3.05, 3.63) is 106 Å². The van der Waals surface area contributed by atoms with Gasteiger partial charge in [-0.2, -0.15) is 5.10 Å². The van der Waals surface area contributed by atoms with Gasteiger partial charge in [-0.3, -0.25) is 9.36 Å². The molecule has 38 heavy (non-hydrogen) atoms. The third-order valence-electron chi connectivity index (χ3n) is 6.57. The van der Waals surface area contributed by atoms with E-state index in [4.69, 9.17) is 22.4 Å². The van der Waals surface area contributed by atoms with Crippen molar-refractivity contribution in [2.24, 2.45) is 0 Å². The summed E-state index contributed by atoms with van der Waals surface area (Å²) in [6.45, 7) is 1.89. The van der Waals surface area contributed by atoms with Crippen LogP contribution in [0.2, 0.25) is 5.02 Å². The maximum absolute atomic E-state index is 14.3. The molecule has 3 N–H and O–H groups in total. The summed E-state index contributed by atoms with van der Waals surface area (Å²) >= 11 is 6.45. The van der Waals surface area contributed by atoms with Gasteiger partial charge in [0.05, 0.1) is 27.5 Å². The van der Waals surface area contributed by atoms with Crippen molar-refractivity contribution in [2.45, 2.75) is 13.0 Å². The maximum Gasteiger partial charge on any atom is 0.264 e. The summed E-state index contributed by atoms with van der Waals surface area (Å²) in [5, 5.41) is 16.3. The number of fused-ring (bicyclic) bond motifs is 2. The van der Waals surface area contributed by atoms with Gasteiger partial charge in [0.15, 0.2) is 17.2 Å². The van der Waals surface area contributed by atoms with E-state index in [1.165, 1.54) is 18.5 Å². The number of para-hydroxylation sites is 1. The lowest BCUT2D eigenvalue weighted by atomic mass is 10.1. The zero-order valence-electron chi connectivity index (χ0n) is 20.0. The van der Waals surface area contributed by atoms with Crippen LogP contribution in [-0.4, -0.2) is 29.4 Å². The van der Waals surface area contributed by atoms with Crippen LogP contribution in [0.25, 0.3) is 38.8 Å². The molecule has 0 fully saturated rings.